The van der Waals surface area contributed by atoms with E-state index in [1.54, 1.807) is 0 Å². The van der Waals surface area contributed by atoms with E-state index in [9.17, 15) is 0 Å². The van der Waals surface area contributed by atoms with Gasteiger partial charge in [-0.3, -0.25) is 0 Å². The van der Waals surface area contributed by atoms with Gasteiger partial charge in [0.1, 0.15) is 0 Å². The first-order chi connectivity index (χ1) is 2.00. The zero-order chi connectivity index (χ0) is 4.50. The van der Waals surface area contributed by atoms with Crippen molar-refractivity contribution < 1.29 is 64.2 Å². The van der Waals surface area contributed by atoms with Crippen LogP contribution in [0.2, 0.25) is 0 Å². The molecular formula is H16AlBaCaNaO5SiSr. The van der Waals surface area contributed by atoms with Gasteiger partial charge in [0.25, 0.3) is 0 Å². The van der Waals surface area contributed by atoms with Crippen molar-refractivity contribution >= 4 is 159 Å². The fourth-order valence-corrected chi connectivity index (χ4v) is 0. The van der Waals surface area contributed by atoms with Crippen LogP contribution < -0.4 is 29.6 Å². The van der Waals surface area contributed by atoms with Crippen LogP contribution in [0.15, 0.2) is 0 Å². The summed E-state index contributed by atoms with van der Waals surface area (Å²) in [5.74, 6) is 0. The average Bonchev–Trinajstić information content (AvgIpc) is 0.722. The predicted octanol–water partition coefficient (Wildman–Crippen LogP) is -7.97. The first kappa shape index (κ1) is 43.6. The predicted molar refractivity (Wildman–Crippen MR) is 53.2 cm³/mol. The Bertz CT molecular complexity index is 59.3. The van der Waals surface area contributed by atoms with Gasteiger partial charge in [-0.15, -0.1) is 0 Å². The second-order valence-electron chi connectivity index (χ2n) is 0.600. The van der Waals surface area contributed by atoms with Gasteiger partial charge in [0.2, 0.25) is 0 Å². The van der Waals surface area contributed by atoms with Crippen LogP contribution in [-0.2, 0) is 0 Å². The van der Waals surface area contributed by atoms with Crippen molar-refractivity contribution in [3.63, 3.8) is 0 Å². The maximum Gasteiger partial charge on any atom is 2.00 e. The summed E-state index contributed by atoms with van der Waals surface area (Å²) in [5.41, 5.74) is 0. The standard InChI is InChI=1S/Al.Ba.Ca.Na.H4O4Si.H2O.Sr.10H/c;;;;1-5(2,3)4;;;;;;;;;;;;/h;;;;1-4H;1H2;;;;;;;;;;;/q;2*+2;+1;;;+2;;;;7*-1. The Morgan fingerprint density at radius 2 is 1.00 bits per heavy atom. The van der Waals surface area contributed by atoms with Gasteiger partial charge in [0.05, 0.1) is 0 Å². The molecule has 0 heterocycles. The van der Waals surface area contributed by atoms with Crippen LogP contribution in [-0.4, -0.2) is 183 Å². The maximum atomic E-state index is 7.33. The molecule has 0 saturated carbocycles. The molecule has 0 aromatic carbocycles. The molecule has 60 valence electrons. The third kappa shape index (κ3) is 88.7. The Balaban J connectivity index is -0.00000000103. The Hall–Kier alpha value is 5.86. The van der Waals surface area contributed by atoms with Crippen molar-refractivity contribution in [3.8, 4) is 0 Å². The van der Waals surface area contributed by atoms with Crippen molar-refractivity contribution in [1.82, 2.24) is 0 Å². The van der Waals surface area contributed by atoms with Crippen LogP contribution >= 0.6 is 0 Å². The monoisotopic (exact) mass is 440 g/mol. The third-order valence-electron chi connectivity index (χ3n) is 0. The molecule has 0 aliphatic rings. The van der Waals surface area contributed by atoms with E-state index in [1.165, 1.54) is 0 Å². The van der Waals surface area contributed by atoms with Crippen molar-refractivity contribution in [1.29, 1.82) is 0 Å². The first-order valence-corrected chi connectivity index (χ1v) is 2.68. The second-order valence-corrected chi connectivity index (χ2v) is 1.80. The summed E-state index contributed by atoms with van der Waals surface area (Å²) < 4.78 is 0. The van der Waals surface area contributed by atoms with Gasteiger partial charge in [-0.25, -0.2) is 0 Å². The molecule has 0 fully saturated rings. The molecule has 0 aliphatic carbocycles. The summed E-state index contributed by atoms with van der Waals surface area (Å²) in [6.07, 6.45) is 0. The van der Waals surface area contributed by atoms with Crippen molar-refractivity contribution in [2.45, 2.75) is 0 Å². The molecule has 0 atom stereocenters. The van der Waals surface area contributed by atoms with Crippen LogP contribution in [0, 0.1) is 0 Å². The maximum absolute atomic E-state index is 7.33. The number of hydrogen-bond donors (Lipinski definition) is 4. The molecule has 6 N–H and O–H groups in total. The molecule has 11 heavy (non-hydrogen) atoms. The summed E-state index contributed by atoms with van der Waals surface area (Å²) in [6.45, 7) is 0. The fourth-order valence-electron chi connectivity index (χ4n) is 0. The topological polar surface area (TPSA) is 112 Å². The zero-order valence-corrected chi connectivity index (χ0v) is 19.0. The minimum absolute atomic E-state index is 0. The van der Waals surface area contributed by atoms with E-state index < -0.39 is 9.05 Å². The fraction of sp³-hybridized carbons (Fsp3) is 0. The second kappa shape index (κ2) is 24.9. The van der Waals surface area contributed by atoms with Gasteiger partial charge < -0.3 is 34.6 Å². The van der Waals surface area contributed by atoms with E-state index in [1.807, 2.05) is 0 Å². The van der Waals surface area contributed by atoms with E-state index in [0.29, 0.717) is 0 Å². The van der Waals surface area contributed by atoms with Crippen molar-refractivity contribution in [3.05, 3.63) is 0 Å². The van der Waals surface area contributed by atoms with Crippen LogP contribution in [0.1, 0.15) is 9.99 Å². The average molecular weight is 439 g/mol. The molecular weight excluding hydrogens is 423 g/mol. The van der Waals surface area contributed by atoms with Gasteiger partial charge >= 0.3 is 171 Å². The molecule has 0 rings (SSSR count). The molecule has 0 unspecified atom stereocenters. The number of hydrogen-bond acceptors (Lipinski definition) is 4. The van der Waals surface area contributed by atoms with Gasteiger partial charge in [0, 0.05) is 0 Å². The number of rotatable bonds is 0. The molecule has 0 saturated heterocycles. The van der Waals surface area contributed by atoms with E-state index in [0.717, 1.165) is 0 Å². The molecule has 0 amide bonds. The summed E-state index contributed by atoms with van der Waals surface area (Å²) in [4.78, 5) is 29.3. The van der Waals surface area contributed by atoms with Crippen LogP contribution in [0.5, 0.6) is 0 Å². The van der Waals surface area contributed by atoms with Gasteiger partial charge in [-0.05, 0) is 0 Å². The van der Waals surface area contributed by atoms with Crippen LogP contribution in [0.25, 0.3) is 0 Å². The molecule has 0 spiro atoms. The van der Waals surface area contributed by atoms with Crippen LogP contribution in [0.3, 0.4) is 0 Å². The normalized spacial score (nSPS) is 5.45. The molecule has 11 heteroatoms. The smallest absolute Gasteiger partial charge is 1.00 e. The summed E-state index contributed by atoms with van der Waals surface area (Å²) in [7, 11) is -4.61. The summed E-state index contributed by atoms with van der Waals surface area (Å²) in [6, 6.07) is 0. The minimum Gasteiger partial charge on any atom is -1.00 e. The van der Waals surface area contributed by atoms with E-state index in [4.69, 9.17) is 19.2 Å². The Morgan fingerprint density at radius 3 is 1.00 bits per heavy atom. The Labute approximate surface area is 217 Å². The first-order valence-electron chi connectivity index (χ1n) is 0.894. The molecule has 0 aromatic heterocycles. The van der Waals surface area contributed by atoms with Crippen LogP contribution in [0.4, 0.5) is 0 Å². The largest absolute Gasteiger partial charge is 2.00 e. The molecule has 0 aliphatic heterocycles. The SMILES string of the molecule is O.O[Si](O)(O)O.[AlH3].[Ba+2].[Ca+2].[H-].[H-].[H-].[H-].[H-].[H-].[H-].[Na+].[Sr+2]. The third-order valence-corrected chi connectivity index (χ3v) is 0. The molecule has 5 nitrogen and oxygen atoms in total. The van der Waals surface area contributed by atoms with Gasteiger partial charge in [0.15, 0.2) is 17.4 Å². The minimum atomic E-state index is -4.61. The molecule has 0 radical (unpaired) electrons. The van der Waals surface area contributed by atoms with E-state index >= 15 is 0 Å². The van der Waals surface area contributed by atoms with Gasteiger partial charge in [-0.1, -0.05) is 0 Å². The molecule has 0 bridgehead atoms. The quantitative estimate of drug-likeness (QED) is 0.281. The van der Waals surface area contributed by atoms with E-state index in [2.05, 4.69) is 0 Å². The summed E-state index contributed by atoms with van der Waals surface area (Å²) in [5, 5.41) is 0. The van der Waals surface area contributed by atoms with Crippen molar-refractivity contribution in [2.24, 2.45) is 0 Å². The summed E-state index contributed by atoms with van der Waals surface area (Å²) >= 11 is 0. The van der Waals surface area contributed by atoms with Crippen molar-refractivity contribution in [2.75, 3.05) is 0 Å². The Morgan fingerprint density at radius 1 is 1.00 bits per heavy atom. The Kier molecular flexibility index (Phi) is 98.7. The van der Waals surface area contributed by atoms with E-state index in [-0.39, 0.29) is 194 Å². The molecule has 0 aromatic rings. The zero-order valence-electron chi connectivity index (χ0n) is 12.9. The van der Waals surface area contributed by atoms with Gasteiger partial charge in [-0.2, -0.15) is 0 Å².